The summed E-state index contributed by atoms with van der Waals surface area (Å²) in [7, 11) is 1.61. The minimum atomic E-state index is -0.381. The highest BCUT2D eigenvalue weighted by Gasteiger charge is 2.39. The van der Waals surface area contributed by atoms with E-state index in [0.717, 1.165) is 37.9 Å². The highest BCUT2D eigenvalue weighted by atomic mass is 16.6. The molecule has 0 aromatic heterocycles. The number of methoxy groups -OCH3 is 1. The van der Waals surface area contributed by atoms with Crippen LogP contribution in [0.4, 0.5) is 10.5 Å². The molecular formula is C28H47N3O3. The number of amides is 1. The molecule has 0 radical (unpaired) electrons. The molecule has 1 aromatic carbocycles. The van der Waals surface area contributed by atoms with Gasteiger partial charge in [-0.2, -0.15) is 0 Å². The molecule has 3 rings (SSSR count). The van der Waals surface area contributed by atoms with Gasteiger partial charge in [-0.05, 0) is 87.6 Å². The van der Waals surface area contributed by atoms with Gasteiger partial charge in [0.15, 0.2) is 0 Å². The summed E-state index contributed by atoms with van der Waals surface area (Å²) < 4.78 is 11.3. The van der Waals surface area contributed by atoms with Gasteiger partial charge in [0, 0.05) is 24.9 Å². The van der Waals surface area contributed by atoms with Crippen LogP contribution in [0.15, 0.2) is 18.2 Å². The number of nitrogens with two attached hydrogens (primary N) is 1. The van der Waals surface area contributed by atoms with Crippen molar-refractivity contribution in [1.29, 1.82) is 0 Å². The monoisotopic (exact) mass is 473 g/mol. The predicted molar refractivity (Wildman–Crippen MR) is 139 cm³/mol. The number of carbonyl (C=O) groups is 1. The van der Waals surface area contributed by atoms with Crippen LogP contribution in [0.1, 0.15) is 84.1 Å². The standard InChI is InChI=1S/C28H47N3O3/c1-20-10-11-26(33-5)25(16-20)30-27(32)34-24-17-22-8-6-9-23(18-24)31(22)15-7-13-28(3,4)19-21(2)12-14-29/h10-11,16,21-24H,6-9,12-15,17-19,29H2,1-5H3,(H,30,32). The van der Waals surface area contributed by atoms with Crippen molar-refractivity contribution in [3.63, 3.8) is 0 Å². The number of benzene rings is 1. The maximum absolute atomic E-state index is 12.7. The number of piperidine rings is 2. The molecule has 34 heavy (non-hydrogen) atoms. The molecule has 2 bridgehead atoms. The molecule has 2 aliphatic rings. The summed E-state index contributed by atoms with van der Waals surface area (Å²) in [5, 5.41) is 2.89. The van der Waals surface area contributed by atoms with Gasteiger partial charge in [0.2, 0.25) is 0 Å². The first-order valence-electron chi connectivity index (χ1n) is 13.3. The number of fused-ring (bicyclic) bond motifs is 2. The highest BCUT2D eigenvalue weighted by Crippen LogP contribution is 2.37. The van der Waals surface area contributed by atoms with E-state index in [9.17, 15) is 4.79 Å². The van der Waals surface area contributed by atoms with Gasteiger partial charge < -0.3 is 15.2 Å². The molecule has 192 valence electrons. The van der Waals surface area contributed by atoms with Gasteiger partial charge in [-0.1, -0.05) is 33.3 Å². The molecule has 3 unspecified atom stereocenters. The van der Waals surface area contributed by atoms with Crippen LogP contribution in [-0.2, 0) is 4.74 Å². The zero-order chi connectivity index (χ0) is 24.7. The normalized spacial score (nSPS) is 23.9. The number of aryl methyl sites for hydroxylation is 1. The molecular weight excluding hydrogens is 426 g/mol. The maximum Gasteiger partial charge on any atom is 0.412 e. The second-order valence-corrected chi connectivity index (χ2v) is 11.5. The van der Waals surface area contributed by atoms with Gasteiger partial charge in [0.1, 0.15) is 11.9 Å². The Hall–Kier alpha value is -1.79. The number of hydrogen-bond donors (Lipinski definition) is 2. The minimum absolute atomic E-state index is 0.0177. The zero-order valence-electron chi connectivity index (χ0n) is 22.1. The van der Waals surface area contributed by atoms with E-state index in [-0.39, 0.29) is 12.2 Å². The number of anilines is 1. The van der Waals surface area contributed by atoms with Crippen molar-refractivity contribution in [3.05, 3.63) is 23.8 Å². The van der Waals surface area contributed by atoms with Crippen molar-refractivity contribution in [2.45, 2.75) is 104 Å². The Morgan fingerprint density at radius 1 is 1.26 bits per heavy atom. The molecule has 0 saturated carbocycles. The number of hydrogen-bond acceptors (Lipinski definition) is 5. The summed E-state index contributed by atoms with van der Waals surface area (Å²) in [5.41, 5.74) is 7.84. The number of ether oxygens (including phenoxy) is 2. The van der Waals surface area contributed by atoms with Gasteiger partial charge in [-0.3, -0.25) is 10.2 Å². The molecule has 6 nitrogen and oxygen atoms in total. The summed E-state index contributed by atoms with van der Waals surface area (Å²) in [4.78, 5) is 15.4. The molecule has 1 aromatic rings. The van der Waals surface area contributed by atoms with Crippen LogP contribution >= 0.6 is 0 Å². The van der Waals surface area contributed by atoms with Gasteiger partial charge in [0.25, 0.3) is 0 Å². The van der Waals surface area contributed by atoms with Crippen molar-refractivity contribution in [1.82, 2.24) is 4.90 Å². The van der Waals surface area contributed by atoms with E-state index in [1.165, 1.54) is 38.5 Å². The lowest BCUT2D eigenvalue weighted by Crippen LogP contribution is -2.54. The third kappa shape index (κ3) is 7.61. The van der Waals surface area contributed by atoms with E-state index in [1.807, 2.05) is 25.1 Å². The smallest absolute Gasteiger partial charge is 0.412 e. The Labute approximate surface area is 206 Å². The average Bonchev–Trinajstić information content (AvgIpc) is 2.73. The average molecular weight is 474 g/mol. The molecule has 2 saturated heterocycles. The van der Waals surface area contributed by atoms with E-state index >= 15 is 0 Å². The fourth-order valence-corrected chi connectivity index (χ4v) is 6.27. The van der Waals surface area contributed by atoms with Crippen molar-refractivity contribution in [2.75, 3.05) is 25.5 Å². The maximum atomic E-state index is 12.7. The van der Waals surface area contributed by atoms with E-state index in [2.05, 4.69) is 31.0 Å². The Morgan fingerprint density at radius 2 is 1.97 bits per heavy atom. The van der Waals surface area contributed by atoms with Crippen LogP contribution in [-0.4, -0.2) is 49.4 Å². The molecule has 2 aliphatic heterocycles. The molecule has 2 fully saturated rings. The van der Waals surface area contributed by atoms with Crippen LogP contribution in [0.5, 0.6) is 5.75 Å². The first-order chi connectivity index (χ1) is 16.2. The summed E-state index contributed by atoms with van der Waals surface area (Å²) in [6.07, 6.45) is 10.0. The molecule has 6 heteroatoms. The van der Waals surface area contributed by atoms with Crippen LogP contribution in [0.25, 0.3) is 0 Å². The van der Waals surface area contributed by atoms with Gasteiger partial charge >= 0.3 is 6.09 Å². The first kappa shape index (κ1) is 26.8. The summed E-state index contributed by atoms with van der Waals surface area (Å²) in [6, 6.07) is 6.80. The molecule has 1 amide bonds. The SMILES string of the molecule is COc1ccc(C)cc1NC(=O)OC1CC2CCCC(C1)N2CCCC(C)(C)CC(C)CCN. The molecule has 3 atom stereocenters. The molecule has 3 N–H and O–H groups in total. The van der Waals surface area contributed by atoms with Crippen LogP contribution in [0.2, 0.25) is 0 Å². The predicted octanol–water partition coefficient (Wildman–Crippen LogP) is 6.12. The van der Waals surface area contributed by atoms with E-state index < -0.39 is 0 Å². The minimum Gasteiger partial charge on any atom is -0.495 e. The molecule has 0 spiro atoms. The topological polar surface area (TPSA) is 76.8 Å². The third-order valence-electron chi connectivity index (χ3n) is 7.78. The lowest BCUT2D eigenvalue weighted by atomic mass is 9.78. The Bertz CT molecular complexity index is 783. The van der Waals surface area contributed by atoms with Crippen LogP contribution in [0, 0.1) is 18.3 Å². The van der Waals surface area contributed by atoms with Crippen LogP contribution < -0.4 is 15.8 Å². The van der Waals surface area contributed by atoms with E-state index in [1.54, 1.807) is 7.11 Å². The molecule has 2 heterocycles. The summed E-state index contributed by atoms with van der Waals surface area (Å²) in [5.74, 6) is 1.34. The second-order valence-electron chi connectivity index (χ2n) is 11.5. The molecule has 0 aliphatic carbocycles. The number of carbonyl (C=O) groups excluding carboxylic acids is 1. The van der Waals surface area contributed by atoms with E-state index in [0.29, 0.717) is 34.9 Å². The van der Waals surface area contributed by atoms with Crippen LogP contribution in [0.3, 0.4) is 0 Å². The number of nitrogens with zero attached hydrogens (tertiary/aromatic N) is 1. The Kier molecular flexibility index (Phi) is 9.66. The van der Waals surface area contributed by atoms with E-state index in [4.69, 9.17) is 15.2 Å². The van der Waals surface area contributed by atoms with Gasteiger partial charge in [-0.25, -0.2) is 4.79 Å². The Balaban J connectivity index is 1.49. The van der Waals surface area contributed by atoms with Crippen molar-refractivity contribution in [2.24, 2.45) is 17.1 Å². The lowest BCUT2D eigenvalue weighted by molar-refractivity contribution is -0.0319. The first-order valence-corrected chi connectivity index (χ1v) is 13.3. The fraction of sp³-hybridized carbons (Fsp3) is 0.750. The van der Waals surface area contributed by atoms with Crippen molar-refractivity contribution < 1.29 is 14.3 Å². The number of rotatable bonds is 11. The fourth-order valence-electron chi connectivity index (χ4n) is 6.27. The van der Waals surface area contributed by atoms with Gasteiger partial charge in [0.05, 0.1) is 12.8 Å². The Morgan fingerprint density at radius 3 is 2.62 bits per heavy atom. The third-order valence-corrected chi connectivity index (χ3v) is 7.78. The quantitative estimate of drug-likeness (QED) is 0.405. The summed E-state index contributed by atoms with van der Waals surface area (Å²) >= 11 is 0. The second kappa shape index (κ2) is 12.3. The van der Waals surface area contributed by atoms with Crippen molar-refractivity contribution in [3.8, 4) is 5.75 Å². The number of nitrogens with one attached hydrogen (secondary N) is 1. The van der Waals surface area contributed by atoms with Crippen molar-refractivity contribution >= 4 is 11.8 Å². The highest BCUT2D eigenvalue weighted by molar-refractivity contribution is 5.87. The largest absolute Gasteiger partial charge is 0.495 e. The van der Waals surface area contributed by atoms with Gasteiger partial charge in [-0.15, -0.1) is 0 Å². The lowest BCUT2D eigenvalue weighted by Gasteiger charge is -2.48. The zero-order valence-corrected chi connectivity index (χ0v) is 22.1. The summed E-state index contributed by atoms with van der Waals surface area (Å²) in [6.45, 7) is 11.1.